The summed E-state index contributed by atoms with van der Waals surface area (Å²) in [7, 11) is 0. The maximum Gasteiger partial charge on any atom is 0.137 e. The van der Waals surface area contributed by atoms with Crippen molar-refractivity contribution in [3.05, 3.63) is 212 Å². The molecule has 0 aliphatic carbocycles. The summed E-state index contributed by atoms with van der Waals surface area (Å²) in [5.74, 6) is 0. The third kappa shape index (κ3) is 5.62. The molecule has 0 saturated carbocycles. The third-order valence-corrected chi connectivity index (χ3v) is 10.5. The highest BCUT2D eigenvalue weighted by atomic mass is 16.3. The summed E-state index contributed by atoms with van der Waals surface area (Å²) < 4.78 is 6.55. The van der Waals surface area contributed by atoms with Crippen molar-refractivity contribution in [2.75, 3.05) is 4.90 Å². The number of benzene rings is 9. The Bertz CT molecular complexity index is 2910. The predicted octanol–water partition coefficient (Wildman–Crippen LogP) is 14.9. The normalized spacial score (nSPS) is 11.3. The van der Waals surface area contributed by atoms with Gasteiger partial charge in [-0.2, -0.15) is 0 Å². The van der Waals surface area contributed by atoms with Crippen LogP contribution in [0.4, 0.5) is 17.1 Å². The minimum atomic E-state index is 0.858. The minimum Gasteiger partial charge on any atom is -0.456 e. The van der Waals surface area contributed by atoms with Crippen molar-refractivity contribution in [1.29, 1.82) is 0 Å². The van der Waals surface area contributed by atoms with E-state index in [2.05, 4.69) is 217 Å². The summed E-state index contributed by atoms with van der Waals surface area (Å²) in [6.45, 7) is 0. The van der Waals surface area contributed by atoms with Crippen molar-refractivity contribution in [3.63, 3.8) is 0 Å². The average molecular weight is 690 g/mol. The van der Waals surface area contributed by atoms with E-state index in [1.165, 1.54) is 38.6 Å². The number of rotatable bonds is 7. The topological polar surface area (TPSA) is 16.4 Å². The van der Waals surface area contributed by atoms with Crippen LogP contribution in [0.1, 0.15) is 0 Å². The van der Waals surface area contributed by atoms with E-state index < -0.39 is 0 Å². The van der Waals surface area contributed by atoms with Crippen LogP contribution in [0.2, 0.25) is 0 Å². The average Bonchev–Trinajstić information content (AvgIpc) is 3.63. The smallest absolute Gasteiger partial charge is 0.137 e. The van der Waals surface area contributed by atoms with E-state index in [1.54, 1.807) is 0 Å². The van der Waals surface area contributed by atoms with Gasteiger partial charge in [-0.1, -0.05) is 164 Å². The van der Waals surface area contributed by atoms with Crippen molar-refractivity contribution in [3.8, 4) is 44.5 Å². The molecule has 2 heteroatoms. The second-order valence-corrected chi connectivity index (χ2v) is 13.7. The fourth-order valence-corrected chi connectivity index (χ4v) is 7.87. The van der Waals surface area contributed by atoms with Crippen molar-refractivity contribution in [2.45, 2.75) is 0 Å². The first-order valence-electron chi connectivity index (χ1n) is 18.4. The fourth-order valence-electron chi connectivity index (χ4n) is 7.87. The van der Waals surface area contributed by atoms with Gasteiger partial charge in [0.25, 0.3) is 0 Å². The van der Waals surface area contributed by atoms with Gasteiger partial charge in [0.1, 0.15) is 11.2 Å². The molecule has 10 rings (SSSR count). The molecule has 1 aromatic heterocycles. The molecule has 0 amide bonds. The Kier molecular flexibility index (Phi) is 7.85. The first-order valence-corrected chi connectivity index (χ1v) is 18.4. The van der Waals surface area contributed by atoms with E-state index in [-0.39, 0.29) is 0 Å². The second kappa shape index (κ2) is 13.4. The minimum absolute atomic E-state index is 0.858. The first kappa shape index (κ1) is 31.6. The molecule has 9 aromatic carbocycles. The number of fused-ring (bicyclic) bond motifs is 4. The van der Waals surface area contributed by atoms with Crippen molar-refractivity contribution in [1.82, 2.24) is 0 Å². The highest BCUT2D eigenvalue weighted by Gasteiger charge is 2.22. The quantitative estimate of drug-likeness (QED) is 0.166. The van der Waals surface area contributed by atoms with Gasteiger partial charge in [0.2, 0.25) is 0 Å². The lowest BCUT2D eigenvalue weighted by atomic mass is 9.94. The van der Waals surface area contributed by atoms with Gasteiger partial charge in [0, 0.05) is 16.6 Å². The molecule has 2 nitrogen and oxygen atoms in total. The zero-order valence-corrected chi connectivity index (χ0v) is 29.6. The summed E-state index contributed by atoms with van der Waals surface area (Å²) >= 11 is 0. The van der Waals surface area contributed by atoms with Gasteiger partial charge in [-0.15, -0.1) is 0 Å². The van der Waals surface area contributed by atoms with E-state index >= 15 is 0 Å². The van der Waals surface area contributed by atoms with Crippen LogP contribution in [0.25, 0.3) is 77.2 Å². The lowest BCUT2D eigenvalue weighted by Crippen LogP contribution is -2.11. The van der Waals surface area contributed by atoms with Gasteiger partial charge in [-0.3, -0.25) is 0 Å². The summed E-state index contributed by atoms with van der Waals surface area (Å²) in [6.07, 6.45) is 0. The van der Waals surface area contributed by atoms with E-state index in [0.29, 0.717) is 0 Å². The number of hydrogen-bond donors (Lipinski definition) is 0. The van der Waals surface area contributed by atoms with Crippen molar-refractivity contribution < 1.29 is 4.42 Å². The molecule has 1 heterocycles. The van der Waals surface area contributed by atoms with Crippen molar-refractivity contribution in [2.24, 2.45) is 0 Å². The first-order chi connectivity index (χ1) is 26.8. The Morgan fingerprint density at radius 2 is 0.852 bits per heavy atom. The standard InChI is InChI=1S/C52H35NO/c1-4-14-36(15-5-1)42-30-33-50-47(35-42)52-49(24-13-25-51(52)54-50)53(48-23-11-10-21-45(48)39-18-8-3-9-19-39)43-31-28-37(29-32-43)41-27-26-40-20-12-22-44(46(40)34-41)38-16-6-2-7-17-38/h1-35H. The molecular weight excluding hydrogens is 655 g/mol. The molecule has 0 spiro atoms. The van der Waals surface area contributed by atoms with Crippen LogP contribution in [0.5, 0.6) is 0 Å². The van der Waals surface area contributed by atoms with E-state index in [9.17, 15) is 0 Å². The monoisotopic (exact) mass is 689 g/mol. The Morgan fingerprint density at radius 3 is 1.59 bits per heavy atom. The van der Waals surface area contributed by atoms with Crippen LogP contribution >= 0.6 is 0 Å². The van der Waals surface area contributed by atoms with Crippen LogP contribution in [-0.2, 0) is 0 Å². The van der Waals surface area contributed by atoms with Crippen LogP contribution in [-0.4, -0.2) is 0 Å². The largest absolute Gasteiger partial charge is 0.456 e. The summed E-state index contributed by atoms with van der Waals surface area (Å²) in [4.78, 5) is 2.40. The predicted molar refractivity (Wildman–Crippen MR) is 228 cm³/mol. The van der Waals surface area contributed by atoms with Gasteiger partial charge < -0.3 is 9.32 Å². The zero-order valence-electron chi connectivity index (χ0n) is 29.6. The third-order valence-electron chi connectivity index (χ3n) is 10.5. The zero-order chi connectivity index (χ0) is 35.8. The fraction of sp³-hybridized carbons (Fsp3) is 0. The van der Waals surface area contributed by atoms with Gasteiger partial charge in [-0.25, -0.2) is 0 Å². The summed E-state index contributed by atoms with van der Waals surface area (Å²) in [5.41, 5.74) is 14.4. The van der Waals surface area contributed by atoms with E-state index in [4.69, 9.17) is 4.42 Å². The van der Waals surface area contributed by atoms with Gasteiger partial charge in [-0.05, 0) is 98.2 Å². The molecule has 0 N–H and O–H groups in total. The molecule has 0 aliphatic rings. The van der Waals surface area contributed by atoms with E-state index in [0.717, 1.165) is 55.7 Å². The Balaban J connectivity index is 1.15. The molecule has 54 heavy (non-hydrogen) atoms. The van der Waals surface area contributed by atoms with Gasteiger partial charge in [0.15, 0.2) is 0 Å². The second-order valence-electron chi connectivity index (χ2n) is 13.7. The Labute approximate surface area is 314 Å². The van der Waals surface area contributed by atoms with Gasteiger partial charge >= 0.3 is 0 Å². The number of furan rings is 1. The molecule has 0 unspecified atom stereocenters. The molecular formula is C52H35NO. The molecule has 0 aliphatic heterocycles. The molecule has 254 valence electrons. The molecule has 0 atom stereocenters. The van der Waals surface area contributed by atoms with Crippen molar-refractivity contribution >= 4 is 49.8 Å². The molecule has 0 saturated heterocycles. The van der Waals surface area contributed by atoms with Crippen LogP contribution < -0.4 is 4.90 Å². The van der Waals surface area contributed by atoms with Crippen LogP contribution in [0.3, 0.4) is 0 Å². The number of nitrogens with zero attached hydrogens (tertiary/aromatic N) is 1. The van der Waals surface area contributed by atoms with E-state index in [1.807, 2.05) is 0 Å². The molecule has 10 aromatic rings. The molecule has 0 bridgehead atoms. The number of para-hydroxylation sites is 1. The number of anilines is 3. The lowest BCUT2D eigenvalue weighted by Gasteiger charge is -2.28. The highest BCUT2D eigenvalue weighted by Crippen LogP contribution is 2.46. The highest BCUT2D eigenvalue weighted by molar-refractivity contribution is 6.14. The maximum atomic E-state index is 6.55. The SMILES string of the molecule is c1ccc(-c2ccc3oc4cccc(N(c5ccc(-c6ccc7cccc(-c8ccccc8)c7c6)cc5)c5ccccc5-c5ccccc5)c4c3c2)cc1. The number of hydrogen-bond acceptors (Lipinski definition) is 2. The summed E-state index contributed by atoms with van der Waals surface area (Å²) in [6, 6.07) is 75.8. The Morgan fingerprint density at radius 1 is 0.315 bits per heavy atom. The van der Waals surface area contributed by atoms with Crippen LogP contribution in [0.15, 0.2) is 217 Å². The summed E-state index contributed by atoms with van der Waals surface area (Å²) in [5, 5.41) is 4.65. The Hall–Kier alpha value is -7.16. The molecule has 0 fully saturated rings. The van der Waals surface area contributed by atoms with Gasteiger partial charge in [0.05, 0.1) is 16.8 Å². The molecule has 0 radical (unpaired) electrons. The maximum absolute atomic E-state index is 6.55. The van der Waals surface area contributed by atoms with Crippen LogP contribution in [0, 0.1) is 0 Å². The lowest BCUT2D eigenvalue weighted by molar-refractivity contribution is 0.669.